The maximum absolute atomic E-state index is 9.39. The van der Waals surface area contributed by atoms with Crippen molar-refractivity contribution in [3.63, 3.8) is 0 Å². The maximum Gasteiger partial charge on any atom is 0.0632 e. The summed E-state index contributed by atoms with van der Waals surface area (Å²) in [6.07, 6.45) is 13.8. The van der Waals surface area contributed by atoms with E-state index in [-0.39, 0.29) is 5.41 Å². The molecule has 2 heteroatoms. The van der Waals surface area contributed by atoms with E-state index in [2.05, 4.69) is 19.0 Å². The Bertz CT molecular complexity index is 458. The lowest BCUT2D eigenvalue weighted by atomic mass is 9.45. The normalized spacial score (nSPS) is 54.9. The molecule has 4 fully saturated rings. The molecule has 4 saturated carbocycles. The Morgan fingerprint density at radius 1 is 0.952 bits per heavy atom. The van der Waals surface area contributed by atoms with Gasteiger partial charge in [0.05, 0.1) is 5.71 Å². The van der Waals surface area contributed by atoms with Gasteiger partial charge in [-0.25, -0.2) is 0 Å². The quantitative estimate of drug-likeness (QED) is 0.479. The van der Waals surface area contributed by atoms with Crippen LogP contribution in [0.15, 0.2) is 5.16 Å². The molecule has 21 heavy (non-hydrogen) atoms. The summed E-state index contributed by atoms with van der Waals surface area (Å²) in [6.45, 7) is 5.03. The molecule has 0 aromatic heterocycles. The summed E-state index contributed by atoms with van der Waals surface area (Å²) in [5.74, 6) is 3.65. The van der Waals surface area contributed by atoms with Crippen LogP contribution in [0.3, 0.4) is 0 Å². The van der Waals surface area contributed by atoms with Gasteiger partial charge >= 0.3 is 0 Å². The zero-order valence-corrected chi connectivity index (χ0v) is 13.8. The third-order valence-corrected chi connectivity index (χ3v) is 8.44. The molecule has 0 heterocycles. The lowest BCUT2D eigenvalue weighted by molar-refractivity contribution is -0.0938. The molecule has 0 spiro atoms. The summed E-state index contributed by atoms with van der Waals surface area (Å²) in [6, 6.07) is 0. The minimum Gasteiger partial charge on any atom is -0.411 e. The van der Waals surface area contributed by atoms with E-state index in [4.69, 9.17) is 0 Å². The van der Waals surface area contributed by atoms with Crippen LogP contribution in [0.4, 0.5) is 0 Å². The molecule has 0 unspecified atom stereocenters. The molecule has 0 bridgehead atoms. The minimum absolute atomic E-state index is 0.216. The standard InChI is InChI=1S/C19H31NO/c1-18-11-4-3-5-13(18)6-7-14-15-8-9-17(20-21)19(15,2)12-10-16(14)18/h13-16,21H,3-12H2,1-2H3/b20-17-/t13-,14+,15+,16+,18+,19+/m1/s1. The van der Waals surface area contributed by atoms with Gasteiger partial charge in [0.25, 0.3) is 0 Å². The van der Waals surface area contributed by atoms with E-state index in [1.54, 1.807) is 0 Å². The largest absolute Gasteiger partial charge is 0.411 e. The van der Waals surface area contributed by atoms with Gasteiger partial charge in [0.2, 0.25) is 0 Å². The van der Waals surface area contributed by atoms with Gasteiger partial charge in [0.15, 0.2) is 0 Å². The summed E-state index contributed by atoms with van der Waals surface area (Å²) in [5.41, 5.74) is 1.96. The van der Waals surface area contributed by atoms with E-state index < -0.39 is 0 Å². The van der Waals surface area contributed by atoms with Crippen molar-refractivity contribution in [2.75, 3.05) is 0 Å². The summed E-state index contributed by atoms with van der Waals surface area (Å²) < 4.78 is 0. The Morgan fingerprint density at radius 2 is 1.81 bits per heavy atom. The lowest BCUT2D eigenvalue weighted by Gasteiger charge is -2.59. The topological polar surface area (TPSA) is 32.6 Å². The minimum atomic E-state index is 0.216. The monoisotopic (exact) mass is 289 g/mol. The third-order valence-electron chi connectivity index (χ3n) is 8.44. The molecule has 1 N–H and O–H groups in total. The predicted octanol–water partition coefficient (Wildman–Crippen LogP) is 5.25. The molecule has 4 aliphatic rings. The van der Waals surface area contributed by atoms with Crippen molar-refractivity contribution in [3.05, 3.63) is 0 Å². The first-order valence-electron chi connectivity index (χ1n) is 9.31. The molecule has 0 aromatic carbocycles. The molecule has 4 rings (SSSR count). The fraction of sp³-hybridized carbons (Fsp3) is 0.947. The first-order chi connectivity index (χ1) is 10.1. The number of hydrogen-bond acceptors (Lipinski definition) is 2. The highest BCUT2D eigenvalue weighted by Crippen LogP contribution is 2.65. The van der Waals surface area contributed by atoms with Crippen LogP contribution in [-0.4, -0.2) is 10.9 Å². The molecule has 0 aromatic rings. The SMILES string of the molecule is C[C@]12CCCC[C@@H]1CC[C@@H]1[C@@H]2CC[C@]2(C)/C(=N\O)CC[C@@H]12. The molecule has 2 nitrogen and oxygen atoms in total. The number of fused-ring (bicyclic) bond motifs is 5. The van der Waals surface area contributed by atoms with E-state index >= 15 is 0 Å². The second-order valence-electron chi connectivity index (χ2n) is 8.94. The van der Waals surface area contributed by atoms with Gasteiger partial charge < -0.3 is 5.21 Å². The molecule has 0 aliphatic heterocycles. The first kappa shape index (κ1) is 14.1. The molecule has 0 radical (unpaired) electrons. The Morgan fingerprint density at radius 3 is 2.62 bits per heavy atom. The Labute approximate surface area is 129 Å². The zero-order chi connectivity index (χ0) is 14.7. The molecule has 4 aliphatic carbocycles. The average Bonchev–Trinajstić information content (AvgIpc) is 2.83. The highest BCUT2D eigenvalue weighted by molar-refractivity contribution is 5.91. The molecule has 118 valence electrons. The van der Waals surface area contributed by atoms with Crippen LogP contribution in [0.2, 0.25) is 0 Å². The smallest absolute Gasteiger partial charge is 0.0632 e. The Kier molecular flexibility index (Phi) is 3.17. The summed E-state index contributed by atoms with van der Waals surface area (Å²) in [5, 5.41) is 13.1. The van der Waals surface area contributed by atoms with E-state index in [1.807, 2.05) is 0 Å². The molecule has 0 amide bonds. The van der Waals surface area contributed by atoms with Crippen molar-refractivity contribution in [2.45, 2.75) is 78.1 Å². The molecular weight excluding hydrogens is 258 g/mol. The van der Waals surface area contributed by atoms with E-state index in [0.29, 0.717) is 5.41 Å². The summed E-state index contributed by atoms with van der Waals surface area (Å²) >= 11 is 0. The summed E-state index contributed by atoms with van der Waals surface area (Å²) in [4.78, 5) is 0. The Hall–Kier alpha value is -0.530. The van der Waals surface area contributed by atoms with Gasteiger partial charge in [-0.3, -0.25) is 0 Å². The maximum atomic E-state index is 9.39. The van der Waals surface area contributed by atoms with Gasteiger partial charge in [-0.2, -0.15) is 0 Å². The summed E-state index contributed by atoms with van der Waals surface area (Å²) in [7, 11) is 0. The number of oxime groups is 1. The van der Waals surface area contributed by atoms with E-state index in [0.717, 1.165) is 35.8 Å². The van der Waals surface area contributed by atoms with Crippen LogP contribution in [0.1, 0.15) is 78.1 Å². The highest BCUT2D eigenvalue weighted by Gasteiger charge is 2.59. The van der Waals surface area contributed by atoms with Crippen LogP contribution in [0, 0.1) is 34.5 Å². The van der Waals surface area contributed by atoms with Crippen LogP contribution in [0.5, 0.6) is 0 Å². The van der Waals surface area contributed by atoms with Gasteiger partial charge in [0, 0.05) is 5.41 Å². The molecule has 0 saturated heterocycles. The van der Waals surface area contributed by atoms with Crippen molar-refractivity contribution >= 4 is 5.71 Å². The number of rotatable bonds is 0. The second kappa shape index (κ2) is 4.73. The van der Waals surface area contributed by atoms with E-state index in [9.17, 15) is 5.21 Å². The molecule has 6 atom stereocenters. The van der Waals surface area contributed by atoms with Crippen LogP contribution in [0.25, 0.3) is 0 Å². The Balaban J connectivity index is 1.66. The predicted molar refractivity (Wildman–Crippen MR) is 85.6 cm³/mol. The zero-order valence-electron chi connectivity index (χ0n) is 13.8. The highest BCUT2D eigenvalue weighted by atomic mass is 16.4. The van der Waals surface area contributed by atoms with Crippen molar-refractivity contribution in [1.29, 1.82) is 0 Å². The van der Waals surface area contributed by atoms with Crippen LogP contribution >= 0.6 is 0 Å². The van der Waals surface area contributed by atoms with Crippen LogP contribution < -0.4 is 0 Å². The van der Waals surface area contributed by atoms with Crippen molar-refractivity contribution in [3.8, 4) is 0 Å². The van der Waals surface area contributed by atoms with Gasteiger partial charge in [0.1, 0.15) is 0 Å². The fourth-order valence-electron chi connectivity index (χ4n) is 7.25. The van der Waals surface area contributed by atoms with Crippen molar-refractivity contribution < 1.29 is 5.21 Å². The van der Waals surface area contributed by atoms with Crippen molar-refractivity contribution in [1.82, 2.24) is 0 Å². The first-order valence-corrected chi connectivity index (χ1v) is 9.31. The van der Waals surface area contributed by atoms with Crippen molar-refractivity contribution in [2.24, 2.45) is 39.7 Å². The third kappa shape index (κ3) is 1.80. The van der Waals surface area contributed by atoms with Crippen LogP contribution in [-0.2, 0) is 0 Å². The van der Waals surface area contributed by atoms with Gasteiger partial charge in [-0.15, -0.1) is 0 Å². The molecular formula is C19H31NO. The average molecular weight is 289 g/mol. The second-order valence-corrected chi connectivity index (χ2v) is 8.94. The fourth-order valence-corrected chi connectivity index (χ4v) is 7.25. The van der Waals surface area contributed by atoms with Gasteiger partial charge in [-0.05, 0) is 80.5 Å². The lowest BCUT2D eigenvalue weighted by Crippen LogP contribution is -2.52. The number of nitrogens with zero attached hydrogens (tertiary/aromatic N) is 1. The number of hydrogen-bond donors (Lipinski definition) is 1. The van der Waals surface area contributed by atoms with E-state index in [1.165, 1.54) is 57.8 Å². The van der Waals surface area contributed by atoms with Gasteiger partial charge in [-0.1, -0.05) is 31.8 Å².